The molecule has 0 aromatic carbocycles. The first-order valence-corrected chi connectivity index (χ1v) is 6.82. The Morgan fingerprint density at radius 1 is 1.11 bits per heavy atom. The number of rotatable bonds is 4. The molecular weight excluding hydrogens is 271 g/mol. The molecule has 2 saturated heterocycles. The molecule has 3 nitrogen and oxygen atoms in total. The van der Waals surface area contributed by atoms with Crippen molar-refractivity contribution in [2.75, 3.05) is 46.4 Å². The first-order chi connectivity index (χ1) is 7.90. The fourth-order valence-electron chi connectivity index (χ4n) is 3.22. The van der Waals surface area contributed by atoms with E-state index in [1.807, 2.05) is 0 Å². The van der Waals surface area contributed by atoms with Crippen LogP contribution in [0.1, 0.15) is 25.7 Å². The lowest BCUT2D eigenvalue weighted by Crippen LogP contribution is -2.42. The summed E-state index contributed by atoms with van der Waals surface area (Å²) in [5.74, 6) is 1.93. The fourth-order valence-corrected chi connectivity index (χ4v) is 3.22. The molecule has 0 aromatic rings. The van der Waals surface area contributed by atoms with E-state index >= 15 is 0 Å². The average Bonchev–Trinajstić information content (AvgIpc) is 2.38. The Morgan fingerprint density at radius 2 is 1.83 bits per heavy atom. The van der Waals surface area contributed by atoms with Gasteiger partial charge in [0, 0.05) is 20.2 Å². The first-order valence-electron chi connectivity index (χ1n) is 6.82. The predicted molar refractivity (Wildman–Crippen MR) is 81.1 cm³/mol. The normalized spacial score (nSPS) is 26.2. The van der Waals surface area contributed by atoms with Gasteiger partial charge in [-0.1, -0.05) is 0 Å². The molecule has 2 fully saturated rings. The zero-order chi connectivity index (χ0) is 11.2. The number of piperidine rings is 2. The van der Waals surface area contributed by atoms with E-state index < -0.39 is 0 Å². The van der Waals surface area contributed by atoms with Crippen LogP contribution in [-0.2, 0) is 4.74 Å². The topological polar surface area (TPSA) is 24.5 Å². The molecule has 0 bridgehead atoms. The van der Waals surface area contributed by atoms with Crippen LogP contribution in [0.25, 0.3) is 0 Å². The van der Waals surface area contributed by atoms with Gasteiger partial charge in [0.1, 0.15) is 0 Å². The van der Waals surface area contributed by atoms with Crippen LogP contribution in [0.2, 0.25) is 0 Å². The van der Waals surface area contributed by atoms with Gasteiger partial charge in [-0.05, 0) is 57.2 Å². The van der Waals surface area contributed by atoms with Crippen molar-refractivity contribution < 1.29 is 4.74 Å². The third-order valence-electron chi connectivity index (χ3n) is 4.20. The van der Waals surface area contributed by atoms with Crippen LogP contribution in [0, 0.1) is 11.8 Å². The number of hydrogen-bond acceptors (Lipinski definition) is 3. The largest absolute Gasteiger partial charge is 0.383 e. The maximum atomic E-state index is 5.17. The van der Waals surface area contributed by atoms with Crippen molar-refractivity contribution >= 4 is 24.8 Å². The van der Waals surface area contributed by atoms with Crippen molar-refractivity contribution in [1.29, 1.82) is 0 Å². The van der Waals surface area contributed by atoms with Crippen molar-refractivity contribution in [3.05, 3.63) is 0 Å². The highest BCUT2D eigenvalue weighted by Crippen LogP contribution is 2.29. The Hall–Kier alpha value is 0.460. The van der Waals surface area contributed by atoms with Crippen LogP contribution in [-0.4, -0.2) is 51.3 Å². The summed E-state index contributed by atoms with van der Waals surface area (Å²) >= 11 is 0. The smallest absolute Gasteiger partial charge is 0.0589 e. The third-order valence-corrected chi connectivity index (χ3v) is 4.20. The quantitative estimate of drug-likeness (QED) is 0.861. The Labute approximate surface area is 124 Å². The van der Waals surface area contributed by atoms with E-state index in [2.05, 4.69) is 10.2 Å². The number of nitrogens with one attached hydrogen (secondary N) is 1. The van der Waals surface area contributed by atoms with E-state index in [0.29, 0.717) is 0 Å². The van der Waals surface area contributed by atoms with Crippen molar-refractivity contribution in [3.63, 3.8) is 0 Å². The second kappa shape index (κ2) is 10.3. The summed E-state index contributed by atoms with van der Waals surface area (Å²) in [5, 5.41) is 3.47. The summed E-state index contributed by atoms with van der Waals surface area (Å²) in [7, 11) is 1.80. The molecule has 0 saturated carbocycles. The van der Waals surface area contributed by atoms with Gasteiger partial charge in [0.25, 0.3) is 0 Å². The monoisotopic (exact) mass is 298 g/mol. The standard InChI is InChI=1S/C13H26N2O.2ClH/c1-16-10-9-15-8-2-3-13(11-15)12-4-6-14-7-5-12;;/h12-14H,2-11H2,1H3;2*1H/t13-;;/m0../s1. The lowest BCUT2D eigenvalue weighted by atomic mass is 9.80. The minimum absolute atomic E-state index is 0. The third kappa shape index (κ3) is 5.62. The Kier molecular flexibility index (Phi) is 10.5. The zero-order valence-corrected chi connectivity index (χ0v) is 13.0. The van der Waals surface area contributed by atoms with Crippen LogP contribution < -0.4 is 5.32 Å². The second-order valence-corrected chi connectivity index (χ2v) is 5.28. The molecule has 0 unspecified atom stereocenters. The highest BCUT2D eigenvalue weighted by atomic mass is 35.5. The van der Waals surface area contributed by atoms with Crippen molar-refractivity contribution in [2.24, 2.45) is 11.8 Å². The number of methoxy groups -OCH3 is 1. The lowest BCUT2D eigenvalue weighted by Gasteiger charge is -2.38. The number of halogens is 2. The van der Waals surface area contributed by atoms with Crippen LogP contribution in [0.3, 0.4) is 0 Å². The Bertz CT molecular complexity index is 201. The molecule has 0 amide bonds. The molecule has 1 N–H and O–H groups in total. The van der Waals surface area contributed by atoms with Gasteiger partial charge in [-0.2, -0.15) is 0 Å². The SMILES string of the molecule is COCCN1CCC[C@H](C2CCNCC2)C1.Cl.Cl. The van der Waals surface area contributed by atoms with Crippen LogP contribution in [0.5, 0.6) is 0 Å². The van der Waals surface area contributed by atoms with E-state index in [1.54, 1.807) is 7.11 Å². The fraction of sp³-hybridized carbons (Fsp3) is 1.00. The highest BCUT2D eigenvalue weighted by Gasteiger charge is 2.27. The number of nitrogens with zero attached hydrogens (tertiary/aromatic N) is 1. The van der Waals surface area contributed by atoms with E-state index in [4.69, 9.17) is 4.74 Å². The molecule has 5 heteroatoms. The van der Waals surface area contributed by atoms with Gasteiger partial charge in [-0.25, -0.2) is 0 Å². The summed E-state index contributed by atoms with van der Waals surface area (Å²) in [4.78, 5) is 2.60. The Balaban J connectivity index is 0.00000144. The summed E-state index contributed by atoms with van der Waals surface area (Å²) < 4.78 is 5.17. The van der Waals surface area contributed by atoms with E-state index in [9.17, 15) is 0 Å². The number of hydrogen-bond donors (Lipinski definition) is 1. The van der Waals surface area contributed by atoms with Gasteiger partial charge in [0.15, 0.2) is 0 Å². The molecule has 2 aliphatic heterocycles. The lowest BCUT2D eigenvalue weighted by molar-refractivity contribution is 0.0874. The molecular formula is C13H28Cl2N2O. The summed E-state index contributed by atoms with van der Waals surface area (Å²) in [6, 6.07) is 0. The molecule has 110 valence electrons. The van der Waals surface area contributed by atoms with Gasteiger partial charge in [-0.15, -0.1) is 24.8 Å². The maximum Gasteiger partial charge on any atom is 0.0589 e. The van der Waals surface area contributed by atoms with Gasteiger partial charge in [-0.3, -0.25) is 0 Å². The van der Waals surface area contributed by atoms with E-state index in [1.165, 1.54) is 51.9 Å². The van der Waals surface area contributed by atoms with Crippen LogP contribution >= 0.6 is 24.8 Å². The predicted octanol–water partition coefficient (Wildman–Crippen LogP) is 2.19. The molecule has 18 heavy (non-hydrogen) atoms. The summed E-state index contributed by atoms with van der Waals surface area (Å²) in [6.45, 7) is 7.08. The van der Waals surface area contributed by atoms with Gasteiger partial charge in [0.2, 0.25) is 0 Å². The molecule has 2 heterocycles. The molecule has 0 aromatic heterocycles. The minimum Gasteiger partial charge on any atom is -0.383 e. The Morgan fingerprint density at radius 3 is 2.50 bits per heavy atom. The maximum absolute atomic E-state index is 5.17. The summed E-state index contributed by atoms with van der Waals surface area (Å²) in [5.41, 5.74) is 0. The van der Waals surface area contributed by atoms with E-state index in [0.717, 1.165) is 25.0 Å². The molecule has 2 aliphatic rings. The van der Waals surface area contributed by atoms with E-state index in [-0.39, 0.29) is 24.8 Å². The molecule has 0 radical (unpaired) electrons. The summed E-state index contributed by atoms with van der Waals surface area (Å²) in [6.07, 6.45) is 5.62. The molecule has 0 spiro atoms. The number of likely N-dealkylation sites (tertiary alicyclic amines) is 1. The van der Waals surface area contributed by atoms with Crippen molar-refractivity contribution in [2.45, 2.75) is 25.7 Å². The second-order valence-electron chi connectivity index (χ2n) is 5.28. The molecule has 1 atom stereocenters. The van der Waals surface area contributed by atoms with Crippen molar-refractivity contribution in [3.8, 4) is 0 Å². The van der Waals surface area contributed by atoms with Gasteiger partial charge < -0.3 is 15.0 Å². The minimum atomic E-state index is 0. The zero-order valence-electron chi connectivity index (χ0n) is 11.4. The van der Waals surface area contributed by atoms with Gasteiger partial charge in [0.05, 0.1) is 6.61 Å². The van der Waals surface area contributed by atoms with Crippen LogP contribution in [0.4, 0.5) is 0 Å². The molecule has 2 rings (SSSR count). The van der Waals surface area contributed by atoms with Gasteiger partial charge >= 0.3 is 0 Å². The average molecular weight is 299 g/mol. The highest BCUT2D eigenvalue weighted by molar-refractivity contribution is 5.85. The van der Waals surface area contributed by atoms with Crippen molar-refractivity contribution in [1.82, 2.24) is 10.2 Å². The molecule has 0 aliphatic carbocycles. The van der Waals surface area contributed by atoms with Crippen LogP contribution in [0.15, 0.2) is 0 Å². The first kappa shape index (κ1) is 18.5. The number of ether oxygens (including phenoxy) is 1.